The number of hydrogen-bond donors (Lipinski definition) is 1. The van der Waals surface area contributed by atoms with E-state index in [0.29, 0.717) is 12.3 Å². The topological polar surface area (TPSA) is 35.2 Å². The molecule has 2 nitrogen and oxygen atoms in total. The summed E-state index contributed by atoms with van der Waals surface area (Å²) in [5.41, 5.74) is 6.66. The summed E-state index contributed by atoms with van der Waals surface area (Å²) in [6.45, 7) is 0.463. The van der Waals surface area contributed by atoms with Crippen molar-refractivity contribution in [3.63, 3.8) is 0 Å². The lowest BCUT2D eigenvalue weighted by molar-refractivity contribution is -0.136. The molecule has 0 spiro atoms. The highest BCUT2D eigenvalue weighted by Gasteiger charge is 2.26. The normalized spacial score (nSPS) is 11.8. The first-order chi connectivity index (χ1) is 9.49. The molecule has 0 amide bonds. The Balaban J connectivity index is 2.04. The fraction of sp³-hybridized carbons (Fsp3) is 0.333. The third-order valence-corrected chi connectivity index (χ3v) is 3.04. The van der Waals surface area contributed by atoms with E-state index in [9.17, 15) is 13.2 Å². The predicted octanol–water partition coefficient (Wildman–Crippen LogP) is 4.02. The summed E-state index contributed by atoms with van der Waals surface area (Å²) in [6, 6.07) is 11.3. The molecule has 0 aliphatic rings. The van der Waals surface area contributed by atoms with Crippen LogP contribution in [0.15, 0.2) is 36.4 Å². The Labute approximate surface area is 115 Å². The first-order valence-electron chi connectivity index (χ1n) is 6.41. The zero-order valence-electron chi connectivity index (χ0n) is 10.9. The maximum atomic E-state index is 12.0. The summed E-state index contributed by atoms with van der Waals surface area (Å²) in [4.78, 5) is 0. The van der Waals surface area contributed by atoms with E-state index in [1.54, 1.807) is 6.07 Å². The molecular formula is C15H16F3NO. The Morgan fingerprint density at radius 1 is 1.10 bits per heavy atom. The van der Waals surface area contributed by atoms with Gasteiger partial charge < -0.3 is 10.5 Å². The van der Waals surface area contributed by atoms with Crippen LogP contribution in [0.1, 0.15) is 18.4 Å². The quantitative estimate of drug-likeness (QED) is 0.841. The molecule has 0 aliphatic heterocycles. The SMILES string of the molecule is NCc1cccc2ccc(OCCCC(F)(F)F)cc12. The minimum atomic E-state index is -4.13. The minimum Gasteiger partial charge on any atom is -0.494 e. The van der Waals surface area contributed by atoms with Crippen molar-refractivity contribution in [1.29, 1.82) is 0 Å². The highest BCUT2D eigenvalue weighted by atomic mass is 19.4. The monoisotopic (exact) mass is 283 g/mol. The van der Waals surface area contributed by atoms with E-state index >= 15 is 0 Å². The minimum absolute atomic E-state index is 0.0416. The van der Waals surface area contributed by atoms with Gasteiger partial charge in [0.05, 0.1) is 6.61 Å². The molecule has 5 heteroatoms. The van der Waals surface area contributed by atoms with Crippen LogP contribution in [0.5, 0.6) is 5.75 Å². The summed E-state index contributed by atoms with van der Waals surface area (Å²) < 4.78 is 41.4. The largest absolute Gasteiger partial charge is 0.494 e. The van der Waals surface area contributed by atoms with Gasteiger partial charge in [0, 0.05) is 13.0 Å². The van der Waals surface area contributed by atoms with Crippen molar-refractivity contribution in [2.24, 2.45) is 5.73 Å². The molecule has 0 radical (unpaired) electrons. The zero-order valence-corrected chi connectivity index (χ0v) is 10.9. The molecule has 0 fully saturated rings. The number of benzene rings is 2. The van der Waals surface area contributed by atoms with Gasteiger partial charge in [-0.25, -0.2) is 0 Å². The average Bonchev–Trinajstić information content (AvgIpc) is 2.41. The molecule has 2 rings (SSSR count). The van der Waals surface area contributed by atoms with Crippen molar-refractivity contribution in [3.05, 3.63) is 42.0 Å². The number of alkyl halides is 3. The highest BCUT2D eigenvalue weighted by Crippen LogP contribution is 2.25. The Morgan fingerprint density at radius 3 is 2.60 bits per heavy atom. The Kier molecular flexibility index (Phi) is 4.49. The van der Waals surface area contributed by atoms with Crippen LogP contribution in [0.25, 0.3) is 10.8 Å². The standard InChI is InChI=1S/C15H16F3NO/c16-15(17,18)7-2-8-20-13-6-5-11-3-1-4-12(10-19)14(11)9-13/h1,3-6,9H,2,7-8,10,19H2. The van der Waals surface area contributed by atoms with Gasteiger partial charge in [-0.1, -0.05) is 24.3 Å². The van der Waals surface area contributed by atoms with Gasteiger partial charge in [-0.05, 0) is 34.9 Å². The first kappa shape index (κ1) is 14.7. The second-order valence-corrected chi connectivity index (χ2v) is 4.57. The van der Waals surface area contributed by atoms with E-state index in [1.807, 2.05) is 30.3 Å². The lowest BCUT2D eigenvalue weighted by Crippen LogP contribution is -2.09. The highest BCUT2D eigenvalue weighted by molar-refractivity contribution is 5.87. The number of ether oxygens (including phenoxy) is 1. The van der Waals surface area contributed by atoms with Crippen molar-refractivity contribution in [2.75, 3.05) is 6.61 Å². The molecule has 2 N–H and O–H groups in total. The molecule has 0 saturated carbocycles. The van der Waals surface area contributed by atoms with Crippen LogP contribution >= 0.6 is 0 Å². The van der Waals surface area contributed by atoms with E-state index in [2.05, 4.69) is 0 Å². The van der Waals surface area contributed by atoms with Gasteiger partial charge in [0.15, 0.2) is 0 Å². The molecule has 20 heavy (non-hydrogen) atoms. The van der Waals surface area contributed by atoms with Crippen molar-refractivity contribution in [3.8, 4) is 5.75 Å². The Hall–Kier alpha value is -1.75. The van der Waals surface area contributed by atoms with Crippen LogP contribution in [0, 0.1) is 0 Å². The first-order valence-corrected chi connectivity index (χ1v) is 6.41. The molecule has 0 saturated heterocycles. The molecule has 2 aromatic carbocycles. The van der Waals surface area contributed by atoms with Crippen LogP contribution in [0.2, 0.25) is 0 Å². The maximum absolute atomic E-state index is 12.0. The van der Waals surface area contributed by atoms with E-state index in [0.717, 1.165) is 16.3 Å². The molecule has 0 aliphatic carbocycles. The van der Waals surface area contributed by atoms with Gasteiger partial charge in [0.1, 0.15) is 5.75 Å². The summed E-state index contributed by atoms with van der Waals surface area (Å²) in [6.07, 6.45) is -4.99. The van der Waals surface area contributed by atoms with Crippen molar-refractivity contribution >= 4 is 10.8 Å². The fourth-order valence-corrected chi connectivity index (χ4v) is 2.05. The molecule has 0 atom stereocenters. The van der Waals surface area contributed by atoms with Crippen LogP contribution in [-0.4, -0.2) is 12.8 Å². The summed E-state index contributed by atoms with van der Waals surface area (Å²) in [5.74, 6) is 0.570. The average molecular weight is 283 g/mol. The summed E-state index contributed by atoms with van der Waals surface area (Å²) >= 11 is 0. The van der Waals surface area contributed by atoms with Gasteiger partial charge >= 0.3 is 6.18 Å². The smallest absolute Gasteiger partial charge is 0.389 e. The van der Waals surface area contributed by atoms with Gasteiger partial charge in [0.2, 0.25) is 0 Å². The van der Waals surface area contributed by atoms with Crippen molar-refractivity contribution in [2.45, 2.75) is 25.6 Å². The molecule has 0 aromatic heterocycles. The number of hydrogen-bond acceptors (Lipinski definition) is 2. The van der Waals surface area contributed by atoms with E-state index in [1.165, 1.54) is 0 Å². The van der Waals surface area contributed by atoms with Crippen molar-refractivity contribution in [1.82, 2.24) is 0 Å². The van der Waals surface area contributed by atoms with Crippen LogP contribution in [-0.2, 0) is 6.54 Å². The molecule has 0 unspecified atom stereocenters. The molecule has 108 valence electrons. The predicted molar refractivity (Wildman–Crippen MR) is 72.6 cm³/mol. The number of halogens is 3. The summed E-state index contributed by atoms with van der Waals surface area (Å²) in [5, 5.41) is 2.01. The second kappa shape index (κ2) is 6.13. The molecule has 0 bridgehead atoms. The van der Waals surface area contributed by atoms with Gasteiger partial charge in [0.25, 0.3) is 0 Å². The van der Waals surface area contributed by atoms with Gasteiger partial charge in [-0.2, -0.15) is 13.2 Å². The van der Waals surface area contributed by atoms with E-state index in [-0.39, 0.29) is 13.0 Å². The Bertz CT molecular complexity index is 581. The van der Waals surface area contributed by atoms with Gasteiger partial charge in [-0.15, -0.1) is 0 Å². The van der Waals surface area contributed by atoms with Crippen LogP contribution in [0.3, 0.4) is 0 Å². The third-order valence-electron chi connectivity index (χ3n) is 3.04. The van der Waals surface area contributed by atoms with E-state index < -0.39 is 12.6 Å². The summed E-state index contributed by atoms with van der Waals surface area (Å²) in [7, 11) is 0. The van der Waals surface area contributed by atoms with Gasteiger partial charge in [-0.3, -0.25) is 0 Å². The third kappa shape index (κ3) is 3.87. The Morgan fingerprint density at radius 2 is 1.90 bits per heavy atom. The lowest BCUT2D eigenvalue weighted by Gasteiger charge is -2.10. The zero-order chi connectivity index (χ0) is 14.6. The lowest BCUT2D eigenvalue weighted by atomic mass is 10.0. The number of nitrogens with two attached hydrogens (primary N) is 1. The molecular weight excluding hydrogens is 267 g/mol. The number of rotatable bonds is 5. The second-order valence-electron chi connectivity index (χ2n) is 4.57. The maximum Gasteiger partial charge on any atom is 0.389 e. The van der Waals surface area contributed by atoms with Crippen molar-refractivity contribution < 1.29 is 17.9 Å². The molecule has 0 heterocycles. The molecule has 2 aromatic rings. The fourth-order valence-electron chi connectivity index (χ4n) is 2.05. The number of fused-ring (bicyclic) bond motifs is 1. The van der Waals surface area contributed by atoms with E-state index in [4.69, 9.17) is 10.5 Å². The van der Waals surface area contributed by atoms with Crippen LogP contribution in [0.4, 0.5) is 13.2 Å². The van der Waals surface area contributed by atoms with Crippen LogP contribution < -0.4 is 10.5 Å².